The van der Waals surface area contributed by atoms with Gasteiger partial charge in [-0.15, -0.1) is 0 Å². The molecule has 1 aromatic rings. The van der Waals surface area contributed by atoms with Crippen molar-refractivity contribution in [3.8, 4) is 0 Å². The van der Waals surface area contributed by atoms with E-state index in [0.717, 1.165) is 30.8 Å². The van der Waals surface area contributed by atoms with E-state index in [1.54, 1.807) is 6.07 Å². The van der Waals surface area contributed by atoms with Gasteiger partial charge in [-0.25, -0.2) is 9.78 Å². The van der Waals surface area contributed by atoms with Gasteiger partial charge in [-0.05, 0) is 18.7 Å². The van der Waals surface area contributed by atoms with Crippen molar-refractivity contribution < 1.29 is 9.90 Å². The lowest BCUT2D eigenvalue weighted by molar-refractivity contribution is 0.0696. The zero-order chi connectivity index (χ0) is 11.0. The topological polar surface area (TPSA) is 53.4 Å². The number of aromatic carboxylic acids is 1. The summed E-state index contributed by atoms with van der Waals surface area (Å²) in [5, 5.41) is 8.98. The van der Waals surface area contributed by atoms with Crippen LogP contribution in [0.3, 0.4) is 0 Å². The highest BCUT2D eigenvalue weighted by molar-refractivity contribution is 6.32. The van der Waals surface area contributed by atoms with Gasteiger partial charge in [0, 0.05) is 25.2 Å². The lowest BCUT2D eigenvalue weighted by Gasteiger charge is -2.24. The monoisotopic (exact) mass is 226 g/mol. The molecule has 0 saturated heterocycles. The van der Waals surface area contributed by atoms with Crippen LogP contribution in [0.1, 0.15) is 21.6 Å². The van der Waals surface area contributed by atoms with E-state index < -0.39 is 5.97 Å². The van der Waals surface area contributed by atoms with E-state index in [0.29, 0.717) is 0 Å². The Bertz CT molecular complexity index is 420. The van der Waals surface area contributed by atoms with Crippen molar-refractivity contribution >= 4 is 17.6 Å². The highest BCUT2D eigenvalue weighted by Crippen LogP contribution is 2.22. The number of pyridine rings is 1. The molecule has 5 heteroatoms. The first-order chi connectivity index (χ1) is 7.08. The molecule has 0 radical (unpaired) electrons. The number of hydrogen-bond acceptors (Lipinski definition) is 3. The first-order valence-electron chi connectivity index (χ1n) is 4.68. The molecule has 0 spiro atoms. The number of carboxylic acid groups (broad SMARTS) is 1. The number of fused-ring (bicyclic) bond motifs is 1. The number of hydrogen-bond donors (Lipinski definition) is 1. The lowest BCUT2D eigenvalue weighted by Crippen LogP contribution is -2.27. The standard InChI is InChI=1S/C10H11ClN2O2/c1-13-3-2-8-6(5-13)4-7(10(14)15)9(11)12-8/h4H,2-3,5H2,1H3,(H,14,15). The average molecular weight is 227 g/mol. The Kier molecular flexibility index (Phi) is 2.63. The van der Waals surface area contributed by atoms with Crippen LogP contribution in [-0.2, 0) is 13.0 Å². The van der Waals surface area contributed by atoms with E-state index in [-0.39, 0.29) is 10.7 Å². The van der Waals surface area contributed by atoms with Crippen LogP contribution in [0, 0.1) is 0 Å². The number of halogens is 1. The summed E-state index contributed by atoms with van der Waals surface area (Å²) in [5.74, 6) is -1.02. The molecule has 0 fully saturated rings. The maximum Gasteiger partial charge on any atom is 0.338 e. The van der Waals surface area contributed by atoms with Gasteiger partial charge < -0.3 is 10.0 Å². The molecule has 2 heterocycles. The third kappa shape index (κ3) is 1.96. The molecule has 0 atom stereocenters. The van der Waals surface area contributed by atoms with Crippen molar-refractivity contribution in [2.75, 3.05) is 13.6 Å². The van der Waals surface area contributed by atoms with Crippen LogP contribution in [0.15, 0.2) is 6.07 Å². The Morgan fingerprint density at radius 3 is 3.07 bits per heavy atom. The largest absolute Gasteiger partial charge is 0.478 e. The molecule has 0 amide bonds. The molecule has 80 valence electrons. The normalized spacial score (nSPS) is 16.1. The average Bonchev–Trinajstić information content (AvgIpc) is 2.17. The lowest BCUT2D eigenvalue weighted by atomic mass is 10.0. The minimum absolute atomic E-state index is 0.0886. The van der Waals surface area contributed by atoms with E-state index in [4.69, 9.17) is 16.7 Å². The van der Waals surface area contributed by atoms with Crippen molar-refractivity contribution in [3.63, 3.8) is 0 Å². The molecule has 2 rings (SSSR count). The van der Waals surface area contributed by atoms with E-state index >= 15 is 0 Å². The first kappa shape index (κ1) is 10.4. The molecule has 4 nitrogen and oxygen atoms in total. The van der Waals surface area contributed by atoms with Gasteiger partial charge in [0.25, 0.3) is 0 Å². The van der Waals surface area contributed by atoms with E-state index in [1.165, 1.54) is 0 Å². The fraction of sp³-hybridized carbons (Fsp3) is 0.400. The van der Waals surface area contributed by atoms with Crippen LogP contribution in [-0.4, -0.2) is 34.6 Å². The number of carbonyl (C=O) groups is 1. The molecule has 0 unspecified atom stereocenters. The third-order valence-corrected chi connectivity index (χ3v) is 2.83. The molecule has 1 aliphatic heterocycles. The van der Waals surface area contributed by atoms with Gasteiger partial charge in [-0.3, -0.25) is 0 Å². The smallest absolute Gasteiger partial charge is 0.338 e. The molecular formula is C10H11ClN2O2. The van der Waals surface area contributed by atoms with Gasteiger partial charge in [0.15, 0.2) is 0 Å². The maximum absolute atomic E-state index is 10.9. The van der Waals surface area contributed by atoms with Crippen LogP contribution in [0.5, 0.6) is 0 Å². The maximum atomic E-state index is 10.9. The number of carboxylic acids is 1. The minimum atomic E-state index is -1.02. The first-order valence-corrected chi connectivity index (χ1v) is 5.06. The summed E-state index contributed by atoms with van der Waals surface area (Å²) in [5.41, 5.74) is 1.97. The molecule has 0 aliphatic carbocycles. The van der Waals surface area contributed by atoms with Gasteiger partial charge in [-0.2, -0.15) is 0 Å². The molecule has 0 aromatic carbocycles. The second kappa shape index (κ2) is 3.79. The summed E-state index contributed by atoms with van der Waals surface area (Å²) >= 11 is 5.79. The van der Waals surface area contributed by atoms with Crippen molar-refractivity contribution in [2.45, 2.75) is 13.0 Å². The SMILES string of the molecule is CN1CCc2nc(Cl)c(C(=O)O)cc2C1. The molecule has 1 aliphatic rings. The van der Waals surface area contributed by atoms with Gasteiger partial charge >= 0.3 is 5.97 Å². The van der Waals surface area contributed by atoms with Crippen molar-refractivity contribution in [3.05, 3.63) is 28.0 Å². The molecule has 0 saturated carbocycles. The Labute approximate surface area is 92.5 Å². The van der Waals surface area contributed by atoms with Crippen LogP contribution in [0.2, 0.25) is 5.15 Å². The predicted molar refractivity (Wildman–Crippen MR) is 56.2 cm³/mol. The van der Waals surface area contributed by atoms with E-state index in [1.807, 2.05) is 7.05 Å². The summed E-state index contributed by atoms with van der Waals surface area (Å²) < 4.78 is 0. The Hall–Kier alpha value is -1.13. The van der Waals surface area contributed by atoms with E-state index in [2.05, 4.69) is 9.88 Å². The van der Waals surface area contributed by atoms with Gasteiger partial charge in [0.1, 0.15) is 5.15 Å². The molecular weight excluding hydrogens is 216 g/mol. The summed E-state index contributed by atoms with van der Waals surface area (Å²) in [6.07, 6.45) is 0.825. The summed E-state index contributed by atoms with van der Waals surface area (Å²) in [6, 6.07) is 1.63. The van der Waals surface area contributed by atoms with Crippen LogP contribution in [0.25, 0.3) is 0 Å². The fourth-order valence-electron chi connectivity index (χ4n) is 1.74. The zero-order valence-electron chi connectivity index (χ0n) is 8.33. The van der Waals surface area contributed by atoms with Gasteiger partial charge in [-0.1, -0.05) is 11.6 Å². The van der Waals surface area contributed by atoms with Crippen molar-refractivity contribution in [1.82, 2.24) is 9.88 Å². The highest BCUT2D eigenvalue weighted by Gasteiger charge is 2.19. The molecule has 15 heavy (non-hydrogen) atoms. The second-order valence-corrected chi connectivity index (χ2v) is 4.08. The summed E-state index contributed by atoms with van der Waals surface area (Å²) in [6.45, 7) is 1.67. The third-order valence-electron chi connectivity index (χ3n) is 2.55. The number of nitrogens with zero attached hydrogens (tertiary/aromatic N) is 2. The molecule has 1 N–H and O–H groups in total. The number of aromatic nitrogens is 1. The second-order valence-electron chi connectivity index (χ2n) is 3.73. The van der Waals surface area contributed by atoms with Crippen LogP contribution < -0.4 is 0 Å². The van der Waals surface area contributed by atoms with E-state index in [9.17, 15) is 4.79 Å². The number of rotatable bonds is 1. The van der Waals surface area contributed by atoms with Crippen molar-refractivity contribution in [2.24, 2.45) is 0 Å². The Morgan fingerprint density at radius 2 is 2.40 bits per heavy atom. The van der Waals surface area contributed by atoms with Gasteiger partial charge in [0.05, 0.1) is 5.56 Å². The quantitative estimate of drug-likeness (QED) is 0.736. The van der Waals surface area contributed by atoms with Crippen molar-refractivity contribution in [1.29, 1.82) is 0 Å². The highest BCUT2D eigenvalue weighted by atomic mass is 35.5. The summed E-state index contributed by atoms with van der Waals surface area (Å²) in [7, 11) is 2.00. The van der Waals surface area contributed by atoms with Crippen LogP contribution in [0.4, 0.5) is 0 Å². The van der Waals surface area contributed by atoms with Crippen LogP contribution >= 0.6 is 11.6 Å². The molecule has 1 aromatic heterocycles. The fourth-order valence-corrected chi connectivity index (χ4v) is 1.97. The summed E-state index contributed by atoms with van der Waals surface area (Å²) in [4.78, 5) is 17.1. The molecule has 0 bridgehead atoms. The predicted octanol–water partition coefficient (Wildman–Crippen LogP) is 1.42. The zero-order valence-corrected chi connectivity index (χ0v) is 9.08. The minimum Gasteiger partial charge on any atom is -0.478 e. The Balaban J connectivity index is 2.47. The van der Waals surface area contributed by atoms with Gasteiger partial charge in [0.2, 0.25) is 0 Å². The number of likely N-dealkylation sites (N-methyl/N-ethyl adjacent to an activating group) is 1. The Morgan fingerprint density at radius 1 is 1.67 bits per heavy atom.